The monoisotopic (exact) mass is 574 g/mol. The van der Waals surface area contributed by atoms with Crippen molar-refractivity contribution in [2.75, 3.05) is 38.0 Å². The Labute approximate surface area is 208 Å². The van der Waals surface area contributed by atoms with Gasteiger partial charge in [-0.05, 0) is 42.5 Å². The van der Waals surface area contributed by atoms with Crippen LogP contribution in [0.2, 0.25) is 0 Å². The molecule has 0 unspecified atom stereocenters. The van der Waals surface area contributed by atoms with E-state index in [9.17, 15) is 14.4 Å². The number of quaternary nitrogens is 1. The largest absolute Gasteiger partial charge is 0.459 e. The zero-order chi connectivity index (χ0) is 23.4. The quantitative estimate of drug-likeness (QED) is 0.443. The topological polar surface area (TPSA) is 84.1 Å². The van der Waals surface area contributed by atoms with Crippen molar-refractivity contribution in [2.45, 2.75) is 0 Å². The van der Waals surface area contributed by atoms with Crippen molar-refractivity contribution < 1.29 is 23.7 Å². The number of rotatable bonds is 6. The number of hydrogen-bond donors (Lipinski definition) is 2. The molecule has 9 heteroatoms. The van der Waals surface area contributed by atoms with Crippen molar-refractivity contribution in [2.24, 2.45) is 0 Å². The Morgan fingerprint density at radius 1 is 0.970 bits per heavy atom. The molecule has 170 valence electrons. The average molecular weight is 576 g/mol. The Kier molecular flexibility index (Phi) is 7.42. The van der Waals surface area contributed by atoms with Gasteiger partial charge in [0.2, 0.25) is 0 Å². The molecule has 4 rings (SSSR count). The highest BCUT2D eigenvalue weighted by atomic mass is 79.9. The smallest absolute Gasteiger partial charge is 0.289 e. The number of amides is 2. The zero-order valence-electron chi connectivity index (χ0n) is 17.6. The van der Waals surface area contributed by atoms with Crippen LogP contribution < -0.4 is 10.2 Å². The number of ketones is 1. The van der Waals surface area contributed by atoms with E-state index in [4.69, 9.17) is 4.42 Å². The first-order chi connectivity index (χ1) is 15.9. The SMILES string of the molecule is O=C(C[NH+]1CCN(C(=O)c2ccco2)CC1)Nc1ccc(Br)cc1C(=O)c1ccccc1Br. The second kappa shape index (κ2) is 10.5. The number of halogens is 2. The molecule has 1 aromatic heterocycles. The van der Waals surface area contributed by atoms with Crippen LogP contribution in [0.1, 0.15) is 26.5 Å². The lowest BCUT2D eigenvalue weighted by molar-refractivity contribution is -0.895. The van der Waals surface area contributed by atoms with Gasteiger partial charge in [-0.2, -0.15) is 0 Å². The van der Waals surface area contributed by atoms with E-state index in [1.165, 1.54) is 6.26 Å². The third-order valence-corrected chi connectivity index (χ3v) is 6.70. The first-order valence-electron chi connectivity index (χ1n) is 10.5. The maximum atomic E-state index is 13.2. The Bertz CT molecular complexity index is 1170. The lowest BCUT2D eigenvalue weighted by Gasteiger charge is -2.31. The first-order valence-corrected chi connectivity index (χ1v) is 12.1. The number of nitrogens with zero attached hydrogens (tertiary/aromatic N) is 1. The number of hydrogen-bond acceptors (Lipinski definition) is 4. The standard InChI is InChI=1S/C24H21Br2N3O4/c25-16-7-8-20(18(14-16)23(31)17-4-1-2-5-19(17)26)27-22(30)15-28-9-11-29(12-10-28)24(32)21-6-3-13-33-21/h1-8,13-14H,9-12,15H2,(H,27,30)/p+1. The molecule has 1 fully saturated rings. The van der Waals surface area contributed by atoms with E-state index in [2.05, 4.69) is 37.2 Å². The van der Waals surface area contributed by atoms with Gasteiger partial charge in [0.15, 0.2) is 18.1 Å². The molecule has 33 heavy (non-hydrogen) atoms. The minimum Gasteiger partial charge on any atom is -0.459 e. The lowest BCUT2D eigenvalue weighted by atomic mass is 10.0. The summed E-state index contributed by atoms with van der Waals surface area (Å²) in [6.07, 6.45) is 1.48. The van der Waals surface area contributed by atoms with E-state index in [-0.39, 0.29) is 24.1 Å². The Hall–Kier alpha value is -2.75. The Balaban J connectivity index is 1.39. The summed E-state index contributed by atoms with van der Waals surface area (Å²) in [6, 6.07) is 15.8. The molecule has 2 heterocycles. The maximum Gasteiger partial charge on any atom is 0.289 e. The molecule has 1 saturated heterocycles. The normalized spacial score (nSPS) is 14.2. The molecule has 2 amide bonds. The van der Waals surface area contributed by atoms with Gasteiger partial charge in [0.25, 0.3) is 11.8 Å². The van der Waals surface area contributed by atoms with Crippen molar-refractivity contribution in [1.82, 2.24) is 4.90 Å². The summed E-state index contributed by atoms with van der Waals surface area (Å²) in [5, 5.41) is 2.90. The fourth-order valence-electron chi connectivity index (χ4n) is 3.78. The molecule has 1 aliphatic rings. The number of carbonyl (C=O) groups is 3. The molecule has 2 aromatic carbocycles. The molecule has 2 N–H and O–H groups in total. The van der Waals surface area contributed by atoms with Crippen LogP contribution >= 0.6 is 31.9 Å². The second-order valence-electron chi connectivity index (χ2n) is 7.74. The molecule has 0 saturated carbocycles. The number of furan rings is 1. The number of anilines is 1. The van der Waals surface area contributed by atoms with Gasteiger partial charge in [-0.25, -0.2) is 0 Å². The van der Waals surface area contributed by atoms with Crippen molar-refractivity contribution in [3.8, 4) is 0 Å². The van der Waals surface area contributed by atoms with Crippen LogP contribution in [0.25, 0.3) is 0 Å². The Morgan fingerprint density at radius 2 is 1.73 bits per heavy atom. The maximum absolute atomic E-state index is 13.2. The Morgan fingerprint density at radius 3 is 2.42 bits per heavy atom. The predicted molar refractivity (Wildman–Crippen MR) is 131 cm³/mol. The highest BCUT2D eigenvalue weighted by molar-refractivity contribution is 9.10. The summed E-state index contributed by atoms with van der Waals surface area (Å²) in [4.78, 5) is 41.2. The van der Waals surface area contributed by atoms with Crippen LogP contribution in [-0.4, -0.2) is 55.2 Å². The highest BCUT2D eigenvalue weighted by Gasteiger charge is 2.27. The van der Waals surface area contributed by atoms with Crippen LogP contribution in [0.5, 0.6) is 0 Å². The number of nitrogens with one attached hydrogen (secondary N) is 2. The van der Waals surface area contributed by atoms with Crippen LogP contribution in [-0.2, 0) is 4.79 Å². The van der Waals surface area contributed by atoms with Crippen molar-refractivity contribution in [3.63, 3.8) is 0 Å². The molecule has 0 spiro atoms. The molecular formula is C24H22Br2N3O4+. The number of benzene rings is 2. The fourth-order valence-corrected chi connectivity index (χ4v) is 4.61. The van der Waals surface area contributed by atoms with Crippen LogP contribution in [0.3, 0.4) is 0 Å². The van der Waals surface area contributed by atoms with E-state index in [0.29, 0.717) is 53.2 Å². The molecular weight excluding hydrogens is 554 g/mol. The summed E-state index contributed by atoms with van der Waals surface area (Å²) >= 11 is 6.84. The molecule has 7 nitrogen and oxygen atoms in total. The molecule has 1 aliphatic heterocycles. The third kappa shape index (κ3) is 5.61. The van der Waals surface area contributed by atoms with Gasteiger partial charge >= 0.3 is 0 Å². The van der Waals surface area contributed by atoms with Gasteiger partial charge in [-0.1, -0.05) is 44.0 Å². The van der Waals surface area contributed by atoms with Gasteiger partial charge in [0, 0.05) is 20.1 Å². The van der Waals surface area contributed by atoms with Crippen LogP contribution in [0.4, 0.5) is 5.69 Å². The van der Waals surface area contributed by atoms with Crippen LogP contribution in [0.15, 0.2) is 74.2 Å². The van der Waals surface area contributed by atoms with Gasteiger partial charge < -0.3 is 19.5 Å². The molecule has 0 bridgehead atoms. The van der Waals surface area contributed by atoms with Crippen molar-refractivity contribution >= 4 is 55.1 Å². The van der Waals surface area contributed by atoms with E-state index >= 15 is 0 Å². The highest BCUT2D eigenvalue weighted by Crippen LogP contribution is 2.27. The fraction of sp³-hybridized carbons (Fsp3) is 0.208. The summed E-state index contributed by atoms with van der Waals surface area (Å²) in [5.74, 6) is -0.168. The zero-order valence-corrected chi connectivity index (χ0v) is 20.8. The minimum atomic E-state index is -0.184. The molecule has 0 radical (unpaired) electrons. The predicted octanol–water partition coefficient (Wildman–Crippen LogP) is 3.02. The first kappa shape index (κ1) is 23.4. The number of carbonyl (C=O) groups excluding carboxylic acids is 3. The van der Waals surface area contributed by atoms with Crippen molar-refractivity contribution in [1.29, 1.82) is 0 Å². The van der Waals surface area contributed by atoms with E-state index in [0.717, 1.165) is 9.37 Å². The van der Waals surface area contributed by atoms with Gasteiger partial charge in [-0.3, -0.25) is 14.4 Å². The van der Waals surface area contributed by atoms with Gasteiger partial charge in [0.1, 0.15) is 0 Å². The van der Waals surface area contributed by atoms with E-state index < -0.39 is 0 Å². The average Bonchev–Trinajstić information content (AvgIpc) is 3.35. The molecule has 3 aromatic rings. The van der Waals surface area contributed by atoms with Gasteiger partial charge in [0.05, 0.1) is 38.1 Å². The van der Waals surface area contributed by atoms with Crippen LogP contribution in [0, 0.1) is 0 Å². The van der Waals surface area contributed by atoms with E-state index in [1.54, 1.807) is 47.4 Å². The third-order valence-electron chi connectivity index (χ3n) is 5.52. The van der Waals surface area contributed by atoms with Gasteiger partial charge in [-0.15, -0.1) is 0 Å². The lowest BCUT2D eigenvalue weighted by Crippen LogP contribution is -3.15. The van der Waals surface area contributed by atoms with Crippen molar-refractivity contribution in [3.05, 3.63) is 86.7 Å². The van der Waals surface area contributed by atoms with E-state index in [1.807, 2.05) is 12.1 Å². The second-order valence-corrected chi connectivity index (χ2v) is 9.51. The molecule has 0 atom stereocenters. The summed E-state index contributed by atoms with van der Waals surface area (Å²) in [5.41, 5.74) is 1.40. The minimum absolute atomic E-state index is 0.131. The molecule has 0 aliphatic carbocycles. The number of piperazine rings is 1. The summed E-state index contributed by atoms with van der Waals surface area (Å²) in [7, 11) is 0. The summed E-state index contributed by atoms with van der Waals surface area (Å²) in [6.45, 7) is 2.66. The summed E-state index contributed by atoms with van der Waals surface area (Å²) < 4.78 is 6.63.